The summed E-state index contributed by atoms with van der Waals surface area (Å²) >= 11 is 0. The summed E-state index contributed by atoms with van der Waals surface area (Å²) in [4.78, 5) is 14.9. The Balaban J connectivity index is 2.08. The molecule has 0 aliphatic carbocycles. The summed E-state index contributed by atoms with van der Waals surface area (Å²) < 4.78 is 0. The van der Waals surface area contributed by atoms with Crippen molar-refractivity contribution in [1.82, 2.24) is 10.3 Å². The minimum Gasteiger partial charge on any atom is -0.322 e. The van der Waals surface area contributed by atoms with E-state index in [1.165, 1.54) is 12.8 Å². The molecule has 1 aromatic carbocycles. The lowest BCUT2D eigenvalue weighted by atomic mass is 10.0. The summed E-state index contributed by atoms with van der Waals surface area (Å²) in [5, 5.41) is 4.47. The molecule has 1 aromatic heterocycles. The topological polar surface area (TPSA) is 44.9 Å². The highest BCUT2D eigenvalue weighted by Gasteiger charge is 2.05. The summed E-state index contributed by atoms with van der Waals surface area (Å²) in [7, 11) is 0. The van der Waals surface area contributed by atoms with Gasteiger partial charge >= 0.3 is 0 Å². The third kappa shape index (κ3) is 3.44. The third-order valence-electron chi connectivity index (χ3n) is 3.73. The number of fused-ring (bicyclic) bond motifs is 1. The molecule has 1 heterocycles. The Morgan fingerprint density at radius 3 is 2.68 bits per heavy atom. The lowest BCUT2D eigenvalue weighted by Crippen LogP contribution is -2.25. The van der Waals surface area contributed by atoms with E-state index in [0.29, 0.717) is 12.5 Å². The highest BCUT2D eigenvalue weighted by atomic mass is 16.1. The molecule has 0 bridgehead atoms. The standard InChI is InChI=1S/C16H22N2O/c1-3-12(4-2)10-17-11-14-9-13-7-5-6-8-15(13)18-16(14)19/h5-9,12,17H,3-4,10-11H2,1-2H3,(H,18,19). The smallest absolute Gasteiger partial charge is 0.252 e. The van der Waals surface area contributed by atoms with Crippen molar-refractivity contribution in [2.24, 2.45) is 5.92 Å². The van der Waals surface area contributed by atoms with E-state index in [-0.39, 0.29) is 5.56 Å². The van der Waals surface area contributed by atoms with E-state index in [9.17, 15) is 4.79 Å². The lowest BCUT2D eigenvalue weighted by molar-refractivity contribution is 0.449. The molecule has 0 saturated carbocycles. The van der Waals surface area contributed by atoms with Crippen molar-refractivity contribution in [1.29, 1.82) is 0 Å². The van der Waals surface area contributed by atoms with E-state index in [1.54, 1.807) is 0 Å². The van der Waals surface area contributed by atoms with Crippen molar-refractivity contribution < 1.29 is 0 Å². The number of hydrogen-bond acceptors (Lipinski definition) is 2. The van der Waals surface area contributed by atoms with Gasteiger partial charge in [0.25, 0.3) is 5.56 Å². The third-order valence-corrected chi connectivity index (χ3v) is 3.73. The van der Waals surface area contributed by atoms with Crippen LogP contribution < -0.4 is 10.9 Å². The van der Waals surface area contributed by atoms with E-state index < -0.39 is 0 Å². The van der Waals surface area contributed by atoms with E-state index >= 15 is 0 Å². The van der Waals surface area contributed by atoms with Crippen LogP contribution in [0.25, 0.3) is 10.9 Å². The molecule has 0 atom stereocenters. The van der Waals surface area contributed by atoms with Crippen LogP contribution in [0.2, 0.25) is 0 Å². The first-order chi connectivity index (χ1) is 9.24. The second-order valence-corrected chi connectivity index (χ2v) is 5.02. The van der Waals surface area contributed by atoms with Crippen LogP contribution >= 0.6 is 0 Å². The molecule has 3 nitrogen and oxygen atoms in total. The van der Waals surface area contributed by atoms with Crippen molar-refractivity contribution in [3.8, 4) is 0 Å². The Labute approximate surface area is 114 Å². The molecule has 2 N–H and O–H groups in total. The molecule has 0 saturated heterocycles. The first-order valence-corrected chi connectivity index (χ1v) is 7.06. The molecule has 102 valence electrons. The second kappa shape index (κ2) is 6.53. The SMILES string of the molecule is CCC(CC)CNCc1cc2ccccc2[nH]c1=O. The average molecular weight is 258 g/mol. The van der Waals surface area contributed by atoms with Crippen molar-refractivity contribution in [2.45, 2.75) is 33.2 Å². The Kier molecular flexibility index (Phi) is 4.74. The van der Waals surface area contributed by atoms with Gasteiger partial charge < -0.3 is 10.3 Å². The molecule has 3 heteroatoms. The van der Waals surface area contributed by atoms with Gasteiger partial charge in [0.2, 0.25) is 0 Å². The molecule has 0 aliphatic heterocycles. The van der Waals surface area contributed by atoms with Gasteiger partial charge in [0.15, 0.2) is 0 Å². The molecule has 0 amide bonds. The summed E-state index contributed by atoms with van der Waals surface area (Å²) in [6.45, 7) is 6.02. The number of benzene rings is 1. The quantitative estimate of drug-likeness (QED) is 0.836. The predicted octanol–water partition coefficient (Wildman–Crippen LogP) is 3.05. The Hall–Kier alpha value is -1.61. The van der Waals surface area contributed by atoms with Crippen LogP contribution in [0, 0.1) is 5.92 Å². The number of nitrogens with one attached hydrogen (secondary N) is 2. The zero-order valence-electron chi connectivity index (χ0n) is 11.7. The fraction of sp³-hybridized carbons (Fsp3) is 0.438. The molecule has 0 spiro atoms. The number of para-hydroxylation sites is 1. The van der Waals surface area contributed by atoms with Gasteiger partial charge in [-0.25, -0.2) is 0 Å². The van der Waals surface area contributed by atoms with Gasteiger partial charge in [0.1, 0.15) is 0 Å². The maximum Gasteiger partial charge on any atom is 0.252 e. The molecule has 2 aromatic rings. The van der Waals surface area contributed by atoms with Gasteiger partial charge in [-0.2, -0.15) is 0 Å². The van der Waals surface area contributed by atoms with Gasteiger partial charge in [-0.3, -0.25) is 4.79 Å². The summed E-state index contributed by atoms with van der Waals surface area (Å²) in [5.41, 5.74) is 1.72. The fourth-order valence-electron chi connectivity index (χ4n) is 2.31. The van der Waals surface area contributed by atoms with Gasteiger partial charge in [0, 0.05) is 17.6 Å². The number of H-pyrrole nitrogens is 1. The fourth-order valence-corrected chi connectivity index (χ4v) is 2.31. The zero-order chi connectivity index (χ0) is 13.7. The molecule has 0 aliphatic rings. The summed E-state index contributed by atoms with van der Waals surface area (Å²) in [6, 6.07) is 9.85. The highest BCUT2D eigenvalue weighted by Crippen LogP contribution is 2.10. The van der Waals surface area contributed by atoms with Gasteiger partial charge in [-0.05, 0) is 30.0 Å². The number of hydrogen-bond donors (Lipinski definition) is 2. The molecule has 0 fully saturated rings. The second-order valence-electron chi connectivity index (χ2n) is 5.02. The van der Waals surface area contributed by atoms with Crippen LogP contribution in [0.1, 0.15) is 32.3 Å². The highest BCUT2D eigenvalue weighted by molar-refractivity contribution is 5.78. The zero-order valence-corrected chi connectivity index (χ0v) is 11.7. The number of rotatable bonds is 6. The monoisotopic (exact) mass is 258 g/mol. The van der Waals surface area contributed by atoms with Gasteiger partial charge in [-0.15, -0.1) is 0 Å². The molecule has 0 unspecified atom stereocenters. The first kappa shape index (κ1) is 13.8. The Morgan fingerprint density at radius 1 is 1.21 bits per heavy atom. The van der Waals surface area contributed by atoms with Crippen LogP contribution in [0.15, 0.2) is 35.1 Å². The molecular formula is C16H22N2O. The van der Waals surface area contributed by atoms with Crippen molar-refractivity contribution in [2.75, 3.05) is 6.54 Å². The van der Waals surface area contributed by atoms with Crippen LogP contribution in [0.5, 0.6) is 0 Å². The number of aromatic nitrogens is 1. The Morgan fingerprint density at radius 2 is 1.95 bits per heavy atom. The van der Waals surface area contributed by atoms with Crippen molar-refractivity contribution in [3.63, 3.8) is 0 Å². The van der Waals surface area contributed by atoms with Gasteiger partial charge in [-0.1, -0.05) is 44.9 Å². The normalized spacial score (nSPS) is 11.3. The number of aromatic amines is 1. The Bertz CT molecular complexity index is 585. The number of pyridine rings is 1. The van der Waals surface area contributed by atoms with E-state index in [0.717, 1.165) is 23.0 Å². The van der Waals surface area contributed by atoms with Crippen LogP contribution in [0.4, 0.5) is 0 Å². The maximum absolute atomic E-state index is 12.0. The molecule has 2 rings (SSSR count). The average Bonchev–Trinajstić information content (AvgIpc) is 2.44. The van der Waals surface area contributed by atoms with Crippen molar-refractivity contribution in [3.05, 3.63) is 46.2 Å². The minimum absolute atomic E-state index is 0.00995. The molecule has 0 radical (unpaired) electrons. The largest absolute Gasteiger partial charge is 0.322 e. The first-order valence-electron chi connectivity index (χ1n) is 7.06. The molecule has 19 heavy (non-hydrogen) atoms. The molecular weight excluding hydrogens is 236 g/mol. The van der Waals surface area contributed by atoms with Crippen LogP contribution in [-0.2, 0) is 6.54 Å². The van der Waals surface area contributed by atoms with Crippen molar-refractivity contribution >= 4 is 10.9 Å². The minimum atomic E-state index is 0.00995. The summed E-state index contributed by atoms with van der Waals surface area (Å²) in [5.74, 6) is 0.694. The van der Waals surface area contributed by atoms with Gasteiger partial charge in [0.05, 0.1) is 0 Å². The van der Waals surface area contributed by atoms with E-state index in [2.05, 4.69) is 24.1 Å². The van der Waals surface area contributed by atoms with E-state index in [1.807, 2.05) is 30.3 Å². The predicted molar refractivity (Wildman–Crippen MR) is 80.3 cm³/mol. The van der Waals surface area contributed by atoms with E-state index in [4.69, 9.17) is 0 Å². The van der Waals surface area contributed by atoms with Crippen LogP contribution in [-0.4, -0.2) is 11.5 Å². The van der Waals surface area contributed by atoms with Crippen LogP contribution in [0.3, 0.4) is 0 Å². The summed E-state index contributed by atoms with van der Waals surface area (Å²) in [6.07, 6.45) is 2.36. The maximum atomic E-state index is 12.0. The lowest BCUT2D eigenvalue weighted by Gasteiger charge is -2.13.